The van der Waals surface area contributed by atoms with Crippen LogP contribution in [-0.4, -0.2) is 12.2 Å². The lowest BCUT2D eigenvalue weighted by Gasteiger charge is -2.07. The third kappa shape index (κ3) is 2.29. The Morgan fingerprint density at radius 1 is 1.18 bits per heavy atom. The molecule has 0 spiro atoms. The van der Waals surface area contributed by atoms with Crippen molar-refractivity contribution < 1.29 is 4.74 Å². The Bertz CT molecular complexity index is 543. The van der Waals surface area contributed by atoms with Gasteiger partial charge in [-0.1, -0.05) is 37.9 Å². The molecule has 17 heavy (non-hydrogen) atoms. The molecular formula is C14H15OPS. The lowest BCUT2D eigenvalue weighted by atomic mass is 10.2. The summed E-state index contributed by atoms with van der Waals surface area (Å²) in [4.78, 5) is 0. The Labute approximate surface area is 108 Å². The van der Waals surface area contributed by atoms with Crippen molar-refractivity contribution in [3.8, 4) is 5.30 Å². The molecule has 2 aromatic rings. The summed E-state index contributed by atoms with van der Waals surface area (Å²) in [7, 11) is 1.17. The standard InChI is InChI=1S/C14H15OPS/c1-10-9-16(12-7-5-4-6-8-12)13(11(10)2)14(17)15-3/h4-9H,1-3H3. The van der Waals surface area contributed by atoms with Crippen LogP contribution in [0.25, 0.3) is 5.30 Å². The molecule has 0 aliphatic rings. The first-order chi connectivity index (χ1) is 8.15. The molecule has 3 heteroatoms. The molecule has 0 saturated carbocycles. The maximum Gasteiger partial charge on any atom is 0.195 e. The molecule has 0 amide bonds. The van der Waals surface area contributed by atoms with Crippen molar-refractivity contribution in [1.29, 1.82) is 0 Å². The number of benzene rings is 1. The number of methoxy groups -OCH3 is 1. The van der Waals surface area contributed by atoms with E-state index in [4.69, 9.17) is 17.0 Å². The number of thiocarbonyl (C=S) groups is 1. The first kappa shape index (κ1) is 12.3. The van der Waals surface area contributed by atoms with E-state index in [9.17, 15) is 0 Å². The SMILES string of the molecule is COC(=S)c1c(C)c(C)cp1-c1ccccc1. The molecule has 88 valence electrons. The van der Waals surface area contributed by atoms with Crippen LogP contribution in [0.3, 0.4) is 0 Å². The van der Waals surface area contributed by atoms with Crippen molar-refractivity contribution in [2.24, 2.45) is 0 Å². The van der Waals surface area contributed by atoms with Crippen molar-refractivity contribution in [1.82, 2.24) is 0 Å². The Kier molecular flexibility index (Phi) is 3.66. The highest BCUT2D eigenvalue weighted by Crippen LogP contribution is 2.47. The van der Waals surface area contributed by atoms with Gasteiger partial charge >= 0.3 is 0 Å². The third-order valence-corrected chi connectivity index (χ3v) is 5.97. The molecule has 1 nitrogen and oxygen atoms in total. The predicted molar refractivity (Wildman–Crippen MR) is 78.7 cm³/mol. The molecule has 1 aromatic carbocycles. The fourth-order valence-electron chi connectivity index (χ4n) is 1.86. The van der Waals surface area contributed by atoms with Gasteiger partial charge in [-0.05, 0) is 48.3 Å². The minimum Gasteiger partial charge on any atom is -0.486 e. The third-order valence-electron chi connectivity index (χ3n) is 2.92. The molecule has 1 aromatic heterocycles. The van der Waals surface area contributed by atoms with Gasteiger partial charge in [0.05, 0.1) is 12.4 Å². The summed E-state index contributed by atoms with van der Waals surface area (Å²) in [5.41, 5.74) is 2.58. The first-order valence-corrected chi connectivity index (χ1v) is 7.29. The zero-order valence-electron chi connectivity index (χ0n) is 10.2. The van der Waals surface area contributed by atoms with Gasteiger partial charge in [0.2, 0.25) is 0 Å². The van der Waals surface area contributed by atoms with Crippen LogP contribution in [0.5, 0.6) is 0 Å². The minimum atomic E-state index is -0.476. The van der Waals surface area contributed by atoms with E-state index in [2.05, 4.69) is 43.9 Å². The molecule has 0 aliphatic heterocycles. The fraction of sp³-hybridized carbons (Fsp3) is 0.214. The normalized spacial score (nSPS) is 11.4. The largest absolute Gasteiger partial charge is 0.486 e. The highest BCUT2D eigenvalue weighted by Gasteiger charge is 2.16. The molecule has 1 heterocycles. The summed E-state index contributed by atoms with van der Waals surface area (Å²) in [5, 5.41) is 3.15. The molecule has 0 fully saturated rings. The van der Waals surface area contributed by atoms with Crippen LogP contribution in [0.15, 0.2) is 36.1 Å². The van der Waals surface area contributed by atoms with E-state index >= 15 is 0 Å². The van der Waals surface area contributed by atoms with E-state index in [0.717, 1.165) is 0 Å². The monoisotopic (exact) mass is 262 g/mol. The van der Waals surface area contributed by atoms with Crippen LogP contribution in [0.2, 0.25) is 0 Å². The summed E-state index contributed by atoms with van der Waals surface area (Å²) in [6.07, 6.45) is 0. The summed E-state index contributed by atoms with van der Waals surface area (Å²) in [5.74, 6) is 2.32. The second kappa shape index (κ2) is 5.03. The Balaban J connectivity index is 2.62. The number of aryl methyl sites for hydroxylation is 1. The van der Waals surface area contributed by atoms with Crippen molar-refractivity contribution in [3.63, 3.8) is 0 Å². The molecule has 0 saturated heterocycles. The molecule has 2 rings (SSSR count). The average molecular weight is 262 g/mol. The van der Waals surface area contributed by atoms with Crippen LogP contribution in [-0.2, 0) is 4.74 Å². The van der Waals surface area contributed by atoms with Gasteiger partial charge < -0.3 is 4.74 Å². The lowest BCUT2D eigenvalue weighted by molar-refractivity contribution is 0.416. The van der Waals surface area contributed by atoms with Gasteiger partial charge in [0.1, 0.15) is 0 Å². The second-order valence-electron chi connectivity index (χ2n) is 3.98. The van der Waals surface area contributed by atoms with Gasteiger partial charge in [0.15, 0.2) is 5.05 Å². The number of ether oxygens (including phenoxy) is 1. The van der Waals surface area contributed by atoms with E-state index in [-0.39, 0.29) is 0 Å². The highest BCUT2D eigenvalue weighted by molar-refractivity contribution is 7.81. The average Bonchev–Trinajstić information content (AvgIpc) is 2.66. The fourth-order valence-corrected chi connectivity index (χ4v) is 4.75. The van der Waals surface area contributed by atoms with Crippen LogP contribution >= 0.6 is 19.8 Å². The van der Waals surface area contributed by atoms with E-state index in [0.29, 0.717) is 5.05 Å². The van der Waals surface area contributed by atoms with E-state index in [1.807, 2.05) is 6.07 Å². The Hall–Kier alpha value is -1.11. The van der Waals surface area contributed by atoms with Gasteiger partial charge in [0.25, 0.3) is 0 Å². The first-order valence-electron chi connectivity index (χ1n) is 5.47. The van der Waals surface area contributed by atoms with Crippen molar-refractivity contribution in [2.75, 3.05) is 7.11 Å². The quantitative estimate of drug-likeness (QED) is 0.731. The minimum absolute atomic E-state index is 0.476. The molecule has 0 radical (unpaired) electrons. The van der Waals surface area contributed by atoms with Gasteiger partial charge in [-0.15, -0.1) is 0 Å². The zero-order chi connectivity index (χ0) is 12.4. The van der Waals surface area contributed by atoms with Crippen LogP contribution in [0.4, 0.5) is 0 Å². The smallest absolute Gasteiger partial charge is 0.195 e. The molecule has 0 bridgehead atoms. The van der Waals surface area contributed by atoms with Crippen molar-refractivity contribution in [2.45, 2.75) is 13.8 Å². The summed E-state index contributed by atoms with van der Waals surface area (Å²) < 4.78 is 5.26. The number of hydrogen-bond acceptors (Lipinski definition) is 2. The van der Waals surface area contributed by atoms with E-state index in [1.54, 1.807) is 7.11 Å². The highest BCUT2D eigenvalue weighted by atomic mass is 32.1. The molecule has 0 N–H and O–H groups in total. The summed E-state index contributed by atoms with van der Waals surface area (Å²) in [6, 6.07) is 10.5. The molecule has 1 unspecified atom stereocenters. The molecular weight excluding hydrogens is 247 g/mol. The van der Waals surface area contributed by atoms with Gasteiger partial charge in [-0.2, -0.15) is 0 Å². The Morgan fingerprint density at radius 2 is 1.82 bits per heavy atom. The van der Waals surface area contributed by atoms with Crippen LogP contribution < -0.4 is 0 Å². The van der Waals surface area contributed by atoms with Gasteiger partial charge in [0, 0.05) is 0 Å². The maximum atomic E-state index is 5.32. The predicted octanol–water partition coefficient (Wildman–Crippen LogP) is 4.60. The van der Waals surface area contributed by atoms with E-state index < -0.39 is 7.53 Å². The van der Waals surface area contributed by atoms with Gasteiger partial charge in [-0.3, -0.25) is 0 Å². The lowest BCUT2D eigenvalue weighted by Crippen LogP contribution is -1.99. The zero-order valence-corrected chi connectivity index (χ0v) is 11.9. The second-order valence-corrected chi connectivity index (χ2v) is 6.32. The van der Waals surface area contributed by atoms with Crippen LogP contribution in [0.1, 0.15) is 16.4 Å². The molecule has 1 atom stereocenters. The topological polar surface area (TPSA) is 9.23 Å². The van der Waals surface area contributed by atoms with Gasteiger partial charge in [-0.25, -0.2) is 0 Å². The summed E-state index contributed by atoms with van der Waals surface area (Å²) >= 11 is 5.32. The van der Waals surface area contributed by atoms with E-state index in [1.165, 1.54) is 21.7 Å². The number of hydrogen-bond donors (Lipinski definition) is 0. The maximum absolute atomic E-state index is 5.32. The van der Waals surface area contributed by atoms with Crippen molar-refractivity contribution >= 4 is 24.8 Å². The van der Waals surface area contributed by atoms with Crippen LogP contribution in [0, 0.1) is 13.8 Å². The summed E-state index contributed by atoms with van der Waals surface area (Å²) in [6.45, 7) is 4.26. The number of rotatable bonds is 2. The Morgan fingerprint density at radius 3 is 2.41 bits per heavy atom. The molecule has 0 aliphatic carbocycles. The van der Waals surface area contributed by atoms with Crippen molar-refractivity contribution in [3.05, 3.63) is 52.6 Å².